The maximum atomic E-state index is 8.63. The monoisotopic (exact) mass is 183 g/mol. The summed E-state index contributed by atoms with van der Waals surface area (Å²) in [6.07, 6.45) is 2.60. The first-order chi connectivity index (χ1) is 6.27. The van der Waals surface area contributed by atoms with Gasteiger partial charge in [-0.05, 0) is 12.8 Å². The van der Waals surface area contributed by atoms with Crippen LogP contribution in [0, 0.1) is 0 Å². The lowest BCUT2D eigenvalue weighted by Crippen LogP contribution is -1.90. The van der Waals surface area contributed by atoms with Gasteiger partial charge in [-0.25, -0.2) is 0 Å². The van der Waals surface area contributed by atoms with Crippen LogP contribution in [0.3, 0.4) is 0 Å². The lowest BCUT2D eigenvalue weighted by atomic mass is 10.0. The molecule has 1 aromatic heterocycles. The van der Waals surface area contributed by atoms with Gasteiger partial charge < -0.3 is 9.63 Å². The molecule has 0 aromatic carbocycles. The molecular formula is C10H17NO2. The predicted molar refractivity (Wildman–Crippen MR) is 50.6 cm³/mol. The third-order valence-electron chi connectivity index (χ3n) is 2.28. The third-order valence-corrected chi connectivity index (χ3v) is 2.28. The zero-order valence-corrected chi connectivity index (χ0v) is 8.29. The Morgan fingerprint density at radius 1 is 1.62 bits per heavy atom. The van der Waals surface area contributed by atoms with E-state index < -0.39 is 0 Å². The second-order valence-corrected chi connectivity index (χ2v) is 3.35. The van der Waals surface area contributed by atoms with Gasteiger partial charge in [0.2, 0.25) is 0 Å². The second-order valence-electron chi connectivity index (χ2n) is 3.35. The Balaban J connectivity index is 2.53. The highest BCUT2D eigenvalue weighted by Gasteiger charge is 2.09. The quantitative estimate of drug-likeness (QED) is 0.760. The van der Waals surface area contributed by atoms with Crippen LogP contribution in [-0.4, -0.2) is 16.9 Å². The van der Waals surface area contributed by atoms with Gasteiger partial charge in [-0.2, -0.15) is 0 Å². The summed E-state index contributed by atoms with van der Waals surface area (Å²) >= 11 is 0. The van der Waals surface area contributed by atoms with Crippen molar-refractivity contribution < 1.29 is 9.63 Å². The number of aryl methyl sites for hydroxylation is 1. The summed E-state index contributed by atoms with van der Waals surface area (Å²) < 4.78 is 5.13. The first-order valence-corrected chi connectivity index (χ1v) is 4.84. The van der Waals surface area contributed by atoms with Gasteiger partial charge in [-0.3, -0.25) is 0 Å². The summed E-state index contributed by atoms with van der Waals surface area (Å²) in [5.41, 5.74) is 1.02. The van der Waals surface area contributed by atoms with E-state index >= 15 is 0 Å². The molecule has 1 aromatic rings. The van der Waals surface area contributed by atoms with Crippen molar-refractivity contribution in [1.82, 2.24) is 5.16 Å². The molecule has 0 aliphatic rings. The van der Waals surface area contributed by atoms with Gasteiger partial charge in [0.25, 0.3) is 0 Å². The molecule has 1 atom stereocenters. The number of aliphatic hydroxyl groups excluding tert-OH is 1. The van der Waals surface area contributed by atoms with Crippen molar-refractivity contribution in [2.45, 2.75) is 39.0 Å². The molecule has 0 spiro atoms. The number of hydrogen-bond acceptors (Lipinski definition) is 3. The van der Waals surface area contributed by atoms with Gasteiger partial charge in [-0.1, -0.05) is 19.0 Å². The van der Waals surface area contributed by atoms with Gasteiger partial charge in [0.05, 0.1) is 5.69 Å². The Bertz CT molecular complexity index is 245. The van der Waals surface area contributed by atoms with Gasteiger partial charge in [0, 0.05) is 25.0 Å². The third kappa shape index (κ3) is 2.84. The Kier molecular flexibility index (Phi) is 3.96. The van der Waals surface area contributed by atoms with Crippen molar-refractivity contribution in [3.8, 4) is 0 Å². The molecule has 0 radical (unpaired) electrons. The largest absolute Gasteiger partial charge is 0.396 e. The fraction of sp³-hybridized carbons (Fsp3) is 0.700. The van der Waals surface area contributed by atoms with Gasteiger partial charge in [0.1, 0.15) is 5.76 Å². The summed E-state index contributed by atoms with van der Waals surface area (Å²) in [6.45, 7) is 4.47. The van der Waals surface area contributed by atoms with E-state index in [1.54, 1.807) is 0 Å². The van der Waals surface area contributed by atoms with Crippen molar-refractivity contribution in [3.05, 3.63) is 17.5 Å². The Morgan fingerprint density at radius 2 is 2.38 bits per heavy atom. The molecule has 0 saturated carbocycles. The molecule has 0 aliphatic heterocycles. The number of rotatable bonds is 5. The maximum absolute atomic E-state index is 8.63. The molecule has 74 valence electrons. The molecular weight excluding hydrogens is 166 g/mol. The minimum Gasteiger partial charge on any atom is -0.396 e. The van der Waals surface area contributed by atoms with Gasteiger partial charge in [-0.15, -0.1) is 0 Å². The molecule has 0 saturated heterocycles. The van der Waals surface area contributed by atoms with Crippen LogP contribution in [-0.2, 0) is 6.42 Å². The van der Waals surface area contributed by atoms with Crippen LogP contribution in [0.25, 0.3) is 0 Å². The zero-order chi connectivity index (χ0) is 9.68. The van der Waals surface area contributed by atoms with E-state index in [1.807, 2.05) is 6.07 Å². The van der Waals surface area contributed by atoms with E-state index in [9.17, 15) is 0 Å². The van der Waals surface area contributed by atoms with E-state index in [0.29, 0.717) is 5.92 Å². The van der Waals surface area contributed by atoms with Crippen molar-refractivity contribution in [3.63, 3.8) is 0 Å². The second kappa shape index (κ2) is 5.02. The lowest BCUT2D eigenvalue weighted by Gasteiger charge is -1.99. The van der Waals surface area contributed by atoms with Crippen molar-refractivity contribution >= 4 is 0 Å². The molecule has 3 nitrogen and oxygen atoms in total. The highest BCUT2D eigenvalue weighted by atomic mass is 16.5. The zero-order valence-electron chi connectivity index (χ0n) is 8.29. The first-order valence-electron chi connectivity index (χ1n) is 4.84. The standard InChI is InChI=1S/C10H17NO2/c1-3-8(2)10-7-9(13-11-10)5-4-6-12/h7-8,12H,3-6H2,1-2H3. The molecule has 1 rings (SSSR count). The molecule has 1 N–H and O–H groups in total. The average molecular weight is 183 g/mol. The number of nitrogens with zero attached hydrogens (tertiary/aromatic N) is 1. The molecule has 13 heavy (non-hydrogen) atoms. The van der Waals surface area contributed by atoms with E-state index in [1.165, 1.54) is 0 Å². The first kappa shape index (κ1) is 10.3. The topological polar surface area (TPSA) is 46.3 Å². The summed E-state index contributed by atoms with van der Waals surface area (Å²) in [5.74, 6) is 1.34. The Labute approximate surface area is 78.7 Å². The average Bonchev–Trinajstić information content (AvgIpc) is 2.62. The summed E-state index contributed by atoms with van der Waals surface area (Å²) in [4.78, 5) is 0. The number of aliphatic hydroxyl groups is 1. The maximum Gasteiger partial charge on any atom is 0.137 e. The molecule has 1 unspecified atom stereocenters. The van der Waals surface area contributed by atoms with Crippen LogP contribution >= 0.6 is 0 Å². The molecule has 1 heterocycles. The van der Waals surface area contributed by atoms with E-state index in [4.69, 9.17) is 9.63 Å². The van der Waals surface area contributed by atoms with E-state index in [2.05, 4.69) is 19.0 Å². The molecule has 0 amide bonds. The van der Waals surface area contributed by atoms with Crippen LogP contribution in [0.15, 0.2) is 10.6 Å². The van der Waals surface area contributed by atoms with Crippen molar-refractivity contribution in [2.24, 2.45) is 0 Å². The van der Waals surface area contributed by atoms with Crippen LogP contribution in [0.4, 0.5) is 0 Å². The minimum atomic E-state index is 0.208. The Morgan fingerprint density at radius 3 is 3.00 bits per heavy atom. The van der Waals surface area contributed by atoms with Crippen molar-refractivity contribution in [1.29, 1.82) is 0 Å². The van der Waals surface area contributed by atoms with E-state index in [0.717, 1.165) is 30.7 Å². The van der Waals surface area contributed by atoms with Crippen LogP contribution in [0.1, 0.15) is 44.1 Å². The van der Waals surface area contributed by atoms with Gasteiger partial charge >= 0.3 is 0 Å². The number of hydrogen-bond donors (Lipinski definition) is 1. The van der Waals surface area contributed by atoms with Crippen LogP contribution in [0.2, 0.25) is 0 Å². The smallest absolute Gasteiger partial charge is 0.137 e. The molecule has 3 heteroatoms. The SMILES string of the molecule is CCC(C)c1cc(CCCO)on1. The normalized spacial score (nSPS) is 13.2. The molecule has 0 fully saturated rings. The highest BCUT2D eigenvalue weighted by Crippen LogP contribution is 2.18. The lowest BCUT2D eigenvalue weighted by molar-refractivity contribution is 0.279. The summed E-state index contributed by atoms with van der Waals surface area (Å²) in [5, 5.41) is 12.6. The van der Waals surface area contributed by atoms with Crippen LogP contribution in [0.5, 0.6) is 0 Å². The molecule has 0 bridgehead atoms. The minimum absolute atomic E-state index is 0.208. The van der Waals surface area contributed by atoms with Crippen LogP contribution < -0.4 is 0 Å². The summed E-state index contributed by atoms with van der Waals surface area (Å²) in [6, 6.07) is 1.99. The highest BCUT2D eigenvalue weighted by molar-refractivity contribution is 5.09. The van der Waals surface area contributed by atoms with Crippen molar-refractivity contribution in [2.75, 3.05) is 6.61 Å². The molecule has 0 aliphatic carbocycles. The number of aromatic nitrogens is 1. The van der Waals surface area contributed by atoms with E-state index in [-0.39, 0.29) is 6.61 Å². The fourth-order valence-corrected chi connectivity index (χ4v) is 1.14. The summed E-state index contributed by atoms with van der Waals surface area (Å²) in [7, 11) is 0. The predicted octanol–water partition coefficient (Wildman–Crippen LogP) is 2.11. The van der Waals surface area contributed by atoms with Gasteiger partial charge in [0.15, 0.2) is 0 Å². The fourth-order valence-electron chi connectivity index (χ4n) is 1.14. The Hall–Kier alpha value is -0.830.